The van der Waals surface area contributed by atoms with Gasteiger partial charge in [-0.3, -0.25) is 19.4 Å². The van der Waals surface area contributed by atoms with Crippen LogP contribution in [0.2, 0.25) is 0 Å². The predicted molar refractivity (Wildman–Crippen MR) is 139 cm³/mol. The minimum absolute atomic E-state index is 0.0417. The monoisotopic (exact) mass is 522 g/mol. The van der Waals surface area contributed by atoms with Crippen LogP contribution in [0.15, 0.2) is 41.3 Å². The number of piperidine rings is 1. The van der Waals surface area contributed by atoms with Gasteiger partial charge in [-0.25, -0.2) is 4.39 Å². The molecule has 9 nitrogen and oxygen atoms in total. The molecule has 0 bridgehead atoms. The molecule has 2 aromatic heterocycles. The van der Waals surface area contributed by atoms with E-state index in [0.717, 1.165) is 24.0 Å². The number of hydrogen-bond acceptors (Lipinski definition) is 6. The summed E-state index contributed by atoms with van der Waals surface area (Å²) >= 11 is 0. The zero-order chi connectivity index (χ0) is 26.6. The highest BCUT2D eigenvalue weighted by molar-refractivity contribution is 6.01. The minimum atomic E-state index is -0.652. The largest absolute Gasteiger partial charge is 0.505 e. The lowest BCUT2D eigenvalue weighted by atomic mass is 10.0. The van der Waals surface area contributed by atoms with Crippen LogP contribution in [-0.2, 0) is 22.5 Å². The molecule has 2 aliphatic heterocycles. The van der Waals surface area contributed by atoms with Gasteiger partial charge in [-0.2, -0.15) is 0 Å². The maximum atomic E-state index is 13.7. The fourth-order valence-corrected chi connectivity index (χ4v) is 5.13. The molecule has 0 saturated carbocycles. The summed E-state index contributed by atoms with van der Waals surface area (Å²) in [7, 11) is 0. The highest BCUT2D eigenvalue weighted by Crippen LogP contribution is 2.27. The molecule has 2 amide bonds. The zero-order valence-corrected chi connectivity index (χ0v) is 21.1. The van der Waals surface area contributed by atoms with Crippen molar-refractivity contribution in [1.82, 2.24) is 19.8 Å². The molecule has 1 aromatic carbocycles. The summed E-state index contributed by atoms with van der Waals surface area (Å²) in [6.07, 6.45) is 5.49. The van der Waals surface area contributed by atoms with Gasteiger partial charge in [0, 0.05) is 51.5 Å². The van der Waals surface area contributed by atoms with Crippen LogP contribution in [0.1, 0.15) is 53.6 Å². The van der Waals surface area contributed by atoms with E-state index in [4.69, 9.17) is 4.74 Å². The Morgan fingerprint density at radius 1 is 1.11 bits per heavy atom. The van der Waals surface area contributed by atoms with E-state index in [2.05, 4.69) is 10.3 Å². The van der Waals surface area contributed by atoms with Gasteiger partial charge < -0.3 is 24.6 Å². The molecule has 0 aliphatic carbocycles. The third-order valence-corrected chi connectivity index (χ3v) is 7.26. The first-order valence-corrected chi connectivity index (χ1v) is 13.1. The normalized spacial score (nSPS) is 16.7. The third-order valence-electron chi connectivity index (χ3n) is 7.26. The van der Waals surface area contributed by atoms with E-state index in [1.54, 1.807) is 29.3 Å². The number of benzene rings is 1. The summed E-state index contributed by atoms with van der Waals surface area (Å²) in [5, 5.41) is 13.9. The predicted octanol–water partition coefficient (Wildman–Crippen LogP) is 2.75. The molecule has 38 heavy (non-hydrogen) atoms. The van der Waals surface area contributed by atoms with Crippen molar-refractivity contribution in [2.24, 2.45) is 0 Å². The van der Waals surface area contributed by atoms with Crippen molar-refractivity contribution in [3.05, 3.63) is 69.4 Å². The second kappa shape index (κ2) is 11.3. The number of aromatic hydroxyl groups is 1. The molecule has 5 rings (SSSR count). The minimum Gasteiger partial charge on any atom is -0.505 e. The van der Waals surface area contributed by atoms with E-state index in [-0.39, 0.29) is 35.4 Å². The van der Waals surface area contributed by atoms with Gasteiger partial charge in [0.25, 0.3) is 11.5 Å². The molecule has 10 heteroatoms. The number of nitrogens with one attached hydrogen (secondary N) is 1. The molecule has 0 radical (unpaired) electrons. The average molecular weight is 523 g/mol. The number of hydrogen-bond donors (Lipinski definition) is 2. The molecule has 0 spiro atoms. The summed E-state index contributed by atoms with van der Waals surface area (Å²) < 4.78 is 20.1. The summed E-state index contributed by atoms with van der Waals surface area (Å²) in [6, 6.07) is 7.71. The number of halogens is 1. The smallest absolute Gasteiger partial charge is 0.267 e. The highest BCUT2D eigenvalue weighted by atomic mass is 19.1. The molecule has 2 aliphatic rings. The van der Waals surface area contributed by atoms with Crippen molar-refractivity contribution in [1.29, 1.82) is 0 Å². The van der Waals surface area contributed by atoms with Gasteiger partial charge in [0.05, 0.1) is 5.52 Å². The average Bonchev–Trinajstić information content (AvgIpc) is 2.91. The first-order chi connectivity index (χ1) is 18.4. The lowest BCUT2D eigenvalue weighted by Gasteiger charge is -2.27. The fourth-order valence-electron chi connectivity index (χ4n) is 5.13. The zero-order valence-electron chi connectivity index (χ0n) is 21.1. The van der Waals surface area contributed by atoms with Gasteiger partial charge in [-0.15, -0.1) is 0 Å². The summed E-state index contributed by atoms with van der Waals surface area (Å²) in [4.78, 5) is 45.4. The van der Waals surface area contributed by atoms with E-state index in [0.29, 0.717) is 57.5 Å². The number of ether oxygens (including phenoxy) is 1. The van der Waals surface area contributed by atoms with Crippen LogP contribution >= 0.6 is 0 Å². The molecule has 3 aromatic rings. The second-order valence-electron chi connectivity index (χ2n) is 9.89. The quantitative estimate of drug-likeness (QED) is 0.493. The van der Waals surface area contributed by atoms with E-state index >= 15 is 0 Å². The Balaban J connectivity index is 1.53. The van der Waals surface area contributed by atoms with Gasteiger partial charge in [0.2, 0.25) is 5.91 Å². The number of carbonyl (C=O) groups is 2. The number of amides is 2. The Hall–Kier alpha value is -3.79. The number of likely N-dealkylation sites (tertiary alicyclic amines) is 1. The van der Waals surface area contributed by atoms with Crippen LogP contribution in [0.5, 0.6) is 5.75 Å². The van der Waals surface area contributed by atoms with Crippen LogP contribution in [0, 0.1) is 5.82 Å². The van der Waals surface area contributed by atoms with Crippen LogP contribution in [0.4, 0.5) is 4.39 Å². The summed E-state index contributed by atoms with van der Waals surface area (Å²) in [5.41, 5.74) is 1.13. The van der Waals surface area contributed by atoms with Crippen molar-refractivity contribution in [2.75, 3.05) is 26.3 Å². The van der Waals surface area contributed by atoms with Crippen LogP contribution in [0.3, 0.4) is 0 Å². The first kappa shape index (κ1) is 25.8. The maximum Gasteiger partial charge on any atom is 0.267 e. The second-order valence-corrected chi connectivity index (χ2v) is 9.89. The number of aromatic nitrogens is 2. The molecule has 2 saturated heterocycles. The van der Waals surface area contributed by atoms with E-state index in [1.165, 1.54) is 16.7 Å². The Labute approximate surface area is 219 Å². The van der Waals surface area contributed by atoms with Gasteiger partial charge in [0.15, 0.2) is 5.75 Å². The number of fused-ring (bicyclic) bond motifs is 1. The van der Waals surface area contributed by atoms with Gasteiger partial charge in [-0.1, -0.05) is 12.1 Å². The first-order valence-electron chi connectivity index (χ1n) is 13.1. The molecule has 0 unspecified atom stereocenters. The SMILES string of the molecule is O=C(NC1CCOCC1)c1c(O)c2ncc(Cc3ccc(F)cc3)cc2n(CCN2CCCCC2=O)c1=O. The number of carbonyl (C=O) groups excluding carboxylic acids is 2. The summed E-state index contributed by atoms with van der Waals surface area (Å²) in [5.74, 6) is -1.41. The lowest BCUT2D eigenvalue weighted by Crippen LogP contribution is -2.43. The van der Waals surface area contributed by atoms with E-state index in [1.807, 2.05) is 0 Å². The standard InChI is InChI=1S/C28H31FN4O5/c29-20-6-4-18(5-7-20)15-19-16-22-25(30-17-19)26(35)24(27(36)31-21-8-13-38-14-9-21)28(37)33(22)12-11-32-10-2-1-3-23(32)34/h4-7,16-17,21,35H,1-3,8-15H2,(H,31,36). The van der Waals surface area contributed by atoms with Gasteiger partial charge in [0.1, 0.15) is 16.9 Å². The van der Waals surface area contributed by atoms with Crippen molar-refractivity contribution in [2.45, 2.75) is 51.1 Å². The fraction of sp³-hybridized carbons (Fsp3) is 0.429. The topological polar surface area (TPSA) is 114 Å². The molecular weight excluding hydrogens is 491 g/mol. The molecule has 0 atom stereocenters. The van der Waals surface area contributed by atoms with Crippen LogP contribution in [0.25, 0.3) is 11.0 Å². The Bertz CT molecular complexity index is 1400. The van der Waals surface area contributed by atoms with Gasteiger partial charge >= 0.3 is 0 Å². The highest BCUT2D eigenvalue weighted by Gasteiger charge is 2.27. The van der Waals surface area contributed by atoms with Crippen LogP contribution < -0.4 is 10.9 Å². The Kier molecular flexibility index (Phi) is 7.69. The number of pyridine rings is 2. The molecule has 2 fully saturated rings. The maximum absolute atomic E-state index is 13.7. The molecular formula is C28H31FN4O5. The van der Waals surface area contributed by atoms with Crippen molar-refractivity contribution in [3.63, 3.8) is 0 Å². The molecule has 4 heterocycles. The van der Waals surface area contributed by atoms with Gasteiger partial charge in [-0.05, 0) is 61.4 Å². The molecule has 200 valence electrons. The lowest BCUT2D eigenvalue weighted by molar-refractivity contribution is -0.133. The summed E-state index contributed by atoms with van der Waals surface area (Å²) in [6.45, 7) is 2.11. The molecule has 2 N–H and O–H groups in total. The van der Waals surface area contributed by atoms with E-state index < -0.39 is 17.2 Å². The Morgan fingerprint density at radius 2 is 1.87 bits per heavy atom. The number of rotatable bonds is 7. The third kappa shape index (κ3) is 5.55. The Morgan fingerprint density at radius 3 is 2.61 bits per heavy atom. The van der Waals surface area contributed by atoms with E-state index in [9.17, 15) is 23.9 Å². The van der Waals surface area contributed by atoms with Crippen molar-refractivity contribution < 1.29 is 23.8 Å². The van der Waals surface area contributed by atoms with Crippen molar-refractivity contribution in [3.8, 4) is 5.75 Å². The number of nitrogens with zero attached hydrogens (tertiary/aromatic N) is 3. The van der Waals surface area contributed by atoms with Crippen molar-refractivity contribution >= 4 is 22.8 Å². The van der Waals surface area contributed by atoms with Crippen LogP contribution in [-0.4, -0.2) is 63.7 Å².